The van der Waals surface area contributed by atoms with Crippen molar-refractivity contribution in [1.29, 1.82) is 0 Å². The number of carbonyl (C=O) groups is 2. The number of primary amides is 1. The van der Waals surface area contributed by atoms with Crippen molar-refractivity contribution < 1.29 is 46.1 Å². The largest absolute Gasteiger partial charge is 0.416 e. The van der Waals surface area contributed by atoms with Crippen LogP contribution in [0, 0.1) is 0 Å². The van der Waals surface area contributed by atoms with Gasteiger partial charge in [0.2, 0.25) is 0 Å². The van der Waals surface area contributed by atoms with E-state index in [2.05, 4.69) is 15.5 Å². The molecule has 2 heterocycles. The molecule has 15 heteroatoms. The average molecular weight is 521 g/mol. The van der Waals surface area contributed by atoms with E-state index >= 15 is 0 Å². The van der Waals surface area contributed by atoms with Gasteiger partial charge in [-0.3, -0.25) is 9.69 Å². The van der Waals surface area contributed by atoms with Crippen LogP contribution in [0.5, 0.6) is 0 Å². The number of rotatable bonds is 5. The van der Waals surface area contributed by atoms with Gasteiger partial charge in [-0.25, -0.2) is 14.5 Å². The number of halogens is 6. The highest BCUT2D eigenvalue weighted by atomic mass is 19.4. The van der Waals surface area contributed by atoms with E-state index in [0.717, 1.165) is 28.7 Å². The van der Waals surface area contributed by atoms with E-state index in [9.17, 15) is 35.9 Å². The number of aromatic nitrogens is 3. The molecule has 36 heavy (non-hydrogen) atoms. The predicted octanol–water partition coefficient (Wildman–Crippen LogP) is 1.68. The van der Waals surface area contributed by atoms with Crippen molar-refractivity contribution in [2.45, 2.75) is 38.3 Å². The first-order valence-electron chi connectivity index (χ1n) is 10.6. The van der Waals surface area contributed by atoms with Gasteiger partial charge in [0.25, 0.3) is 5.91 Å². The lowest BCUT2D eigenvalue weighted by molar-refractivity contribution is -0.614. The van der Waals surface area contributed by atoms with Crippen LogP contribution in [0.25, 0.3) is 17.6 Å². The van der Waals surface area contributed by atoms with E-state index in [1.54, 1.807) is 0 Å². The lowest BCUT2D eigenvalue weighted by Gasteiger charge is -2.37. The molecular formula is C21H23F6N6O3+. The van der Waals surface area contributed by atoms with E-state index in [-0.39, 0.29) is 30.6 Å². The van der Waals surface area contributed by atoms with Gasteiger partial charge in [0.1, 0.15) is 12.9 Å². The molecule has 0 aliphatic carbocycles. The zero-order chi connectivity index (χ0) is 26.7. The Morgan fingerprint density at radius 3 is 2.22 bits per heavy atom. The molecule has 2 unspecified atom stereocenters. The number of nitrogens with zero attached hydrogens (tertiary/aromatic N) is 4. The van der Waals surface area contributed by atoms with Gasteiger partial charge in [-0.15, -0.1) is 5.10 Å². The van der Waals surface area contributed by atoms with Crippen LogP contribution in [0.15, 0.2) is 30.6 Å². The highest BCUT2D eigenvalue weighted by Gasteiger charge is 2.37. The van der Waals surface area contributed by atoms with Crippen LogP contribution in [0.3, 0.4) is 0 Å². The van der Waals surface area contributed by atoms with Crippen molar-refractivity contribution in [3.8, 4) is 11.4 Å². The van der Waals surface area contributed by atoms with E-state index in [0.29, 0.717) is 25.3 Å². The number of nitrogens with two attached hydrogens (primary N) is 1. The fourth-order valence-electron chi connectivity index (χ4n) is 3.48. The smallest absolute Gasteiger partial charge is 0.378 e. The van der Waals surface area contributed by atoms with Crippen molar-refractivity contribution in [2.24, 2.45) is 0 Å². The lowest BCUT2D eigenvalue weighted by atomic mass is 10.0. The molecule has 0 spiro atoms. The first-order valence-corrected chi connectivity index (χ1v) is 10.6. The summed E-state index contributed by atoms with van der Waals surface area (Å²) in [6.45, 7) is 4.90. The van der Waals surface area contributed by atoms with Crippen LogP contribution < -0.4 is 10.9 Å². The van der Waals surface area contributed by atoms with E-state index in [1.807, 2.05) is 18.7 Å². The van der Waals surface area contributed by atoms with Crippen LogP contribution in [-0.2, 0) is 26.7 Å². The van der Waals surface area contributed by atoms with Crippen molar-refractivity contribution in [2.75, 3.05) is 19.8 Å². The summed E-state index contributed by atoms with van der Waals surface area (Å²) in [6.07, 6.45) is -6.97. The molecule has 0 saturated carbocycles. The quantitative estimate of drug-likeness (QED) is 0.204. The molecule has 1 saturated heterocycles. The van der Waals surface area contributed by atoms with Gasteiger partial charge in [0.05, 0.1) is 24.3 Å². The normalized spacial score (nSPS) is 19.6. The van der Waals surface area contributed by atoms with Gasteiger partial charge in [-0.1, -0.05) is 0 Å². The molecule has 1 aliphatic heterocycles. The molecule has 196 valence electrons. The first-order chi connectivity index (χ1) is 16.7. The minimum Gasteiger partial charge on any atom is -0.378 e. The molecule has 1 fully saturated rings. The maximum Gasteiger partial charge on any atom is 0.416 e. The average Bonchev–Trinajstić information content (AvgIpc) is 3.26. The number of benzene rings is 1. The molecule has 9 nitrogen and oxygen atoms in total. The number of hydrogen-bond donors (Lipinski definition) is 2. The van der Waals surface area contributed by atoms with Crippen molar-refractivity contribution in [3.05, 3.63) is 41.7 Å². The number of hydrogen-bond acceptors (Lipinski definition) is 6. The summed E-state index contributed by atoms with van der Waals surface area (Å²) < 4.78 is 84.7. The molecule has 2 atom stereocenters. The second-order valence-electron chi connectivity index (χ2n) is 8.19. The Morgan fingerprint density at radius 2 is 1.67 bits per heavy atom. The summed E-state index contributed by atoms with van der Waals surface area (Å²) in [5, 5.41) is 3.80. The summed E-state index contributed by atoms with van der Waals surface area (Å²) in [4.78, 5) is 29.8. The minimum atomic E-state index is -5.01. The third-order valence-electron chi connectivity index (χ3n) is 5.30. The van der Waals surface area contributed by atoms with Gasteiger partial charge in [0, 0.05) is 29.9 Å². The molecule has 1 aromatic carbocycles. The van der Waals surface area contributed by atoms with Crippen LogP contribution in [0.2, 0.25) is 0 Å². The number of nitrogens with one attached hydrogen (secondary N) is 1. The zero-order valence-corrected chi connectivity index (χ0v) is 19.1. The summed E-state index contributed by atoms with van der Waals surface area (Å²) in [5.41, 5.74) is -0.203. The summed E-state index contributed by atoms with van der Waals surface area (Å²) in [5.74, 6) is -1.46. The Morgan fingerprint density at radius 1 is 1.08 bits per heavy atom. The molecule has 1 aliphatic rings. The summed E-state index contributed by atoms with van der Waals surface area (Å²) in [7, 11) is 0. The third-order valence-corrected chi connectivity index (χ3v) is 5.30. The van der Waals surface area contributed by atoms with Crippen LogP contribution in [-0.4, -0.2) is 63.3 Å². The van der Waals surface area contributed by atoms with Crippen molar-refractivity contribution >= 4 is 18.0 Å². The second kappa shape index (κ2) is 10.8. The molecule has 0 bridgehead atoms. The Labute approximate surface area is 201 Å². The molecule has 2 aromatic rings. The maximum absolute atomic E-state index is 13.1. The molecule has 3 rings (SSSR count). The standard InChI is InChI=1S/C21H22F6N6O3/c1-12-9-36-10-13(2)33(12)8-18(35)30-29-17(34)3-4-32-11-28-19(31-32)14-5-15(20(22,23)24)7-16(6-14)21(25,26)27/h3-7,11-13H,8-10H2,1-2H3,(H,29,34)(H,30,35)/p+1/b4-3-. The van der Waals surface area contributed by atoms with Gasteiger partial charge in [-0.2, -0.15) is 37.2 Å². The summed E-state index contributed by atoms with van der Waals surface area (Å²) >= 11 is 0. The van der Waals surface area contributed by atoms with E-state index in [4.69, 9.17) is 4.74 Å². The molecule has 0 radical (unpaired) electrons. The highest BCUT2D eigenvalue weighted by Crippen LogP contribution is 2.38. The van der Waals surface area contributed by atoms with E-state index in [1.165, 1.54) is 0 Å². The first kappa shape index (κ1) is 27.3. The Kier molecular flexibility index (Phi) is 8.15. The second-order valence-corrected chi connectivity index (χ2v) is 8.19. The van der Waals surface area contributed by atoms with Gasteiger partial charge in [0.15, 0.2) is 5.82 Å². The maximum atomic E-state index is 13.1. The lowest BCUT2D eigenvalue weighted by Crippen LogP contribution is -2.98. The van der Waals surface area contributed by atoms with Crippen molar-refractivity contribution in [1.82, 2.24) is 25.1 Å². The third kappa shape index (κ3) is 7.11. The Balaban J connectivity index is 1.63. The van der Waals surface area contributed by atoms with Crippen LogP contribution in [0.1, 0.15) is 25.0 Å². The Bertz CT molecular complexity index is 1090. The molecule has 1 aromatic heterocycles. The minimum absolute atomic E-state index is 0.00288. The zero-order valence-electron chi connectivity index (χ0n) is 19.1. The Hall–Kier alpha value is -3.30. The van der Waals surface area contributed by atoms with E-state index < -0.39 is 40.8 Å². The molecular weight excluding hydrogens is 498 g/mol. The number of quaternary nitrogens is 1. The number of carbonyl (C=O) groups excluding carboxylic acids is 2. The topological polar surface area (TPSA) is 106 Å². The highest BCUT2D eigenvalue weighted by molar-refractivity contribution is 5.89. The van der Waals surface area contributed by atoms with Crippen LogP contribution >= 0.6 is 0 Å². The van der Waals surface area contributed by atoms with Crippen molar-refractivity contribution in [3.63, 3.8) is 0 Å². The van der Waals surface area contributed by atoms with Gasteiger partial charge >= 0.3 is 18.3 Å². The molecule has 2 amide bonds. The SMILES string of the molecule is CC1COCC(C)N1CC(=O)[NH2+]NC(=O)/C=C\n1cnc(-c2cc(C(F)(F)F)cc(C(F)(F)F)c2)n1. The van der Waals surface area contributed by atoms with Gasteiger partial charge in [-0.05, 0) is 32.0 Å². The predicted molar refractivity (Wildman–Crippen MR) is 112 cm³/mol. The number of alkyl halides is 6. The number of morpholine rings is 1. The fourth-order valence-corrected chi connectivity index (χ4v) is 3.48. The fraction of sp³-hybridized carbons (Fsp3) is 0.429. The monoisotopic (exact) mass is 521 g/mol. The summed E-state index contributed by atoms with van der Waals surface area (Å²) in [6, 6.07) is 1.08. The number of ether oxygens (including phenoxy) is 1. The number of amides is 2. The molecule has 3 N–H and O–H groups in total. The van der Waals surface area contributed by atoms with Gasteiger partial charge < -0.3 is 4.74 Å². The van der Waals surface area contributed by atoms with Crippen LogP contribution in [0.4, 0.5) is 26.3 Å².